The van der Waals surface area contributed by atoms with Crippen molar-refractivity contribution in [3.63, 3.8) is 0 Å². The molecule has 0 amide bonds. The van der Waals surface area contributed by atoms with E-state index in [2.05, 4.69) is 35.8 Å². The van der Waals surface area contributed by atoms with Gasteiger partial charge in [0.05, 0.1) is 0 Å². The number of nitrogens with zero attached hydrogens (tertiary/aromatic N) is 1. The van der Waals surface area contributed by atoms with Crippen LogP contribution in [0.4, 0.5) is 0 Å². The largest absolute Gasteiger partial charge is 0.311 e. The molecule has 0 saturated carbocycles. The second kappa shape index (κ2) is 5.72. The third kappa shape index (κ3) is 2.88. The topological polar surface area (TPSA) is 15.3 Å². The molecule has 2 nitrogen and oxygen atoms in total. The first-order chi connectivity index (χ1) is 8.72. The highest BCUT2D eigenvalue weighted by Gasteiger charge is 2.34. The van der Waals surface area contributed by atoms with Crippen molar-refractivity contribution in [3.05, 3.63) is 0 Å². The summed E-state index contributed by atoms with van der Waals surface area (Å²) >= 11 is 2.15. The van der Waals surface area contributed by atoms with Crippen LogP contribution < -0.4 is 5.32 Å². The van der Waals surface area contributed by atoms with E-state index in [9.17, 15) is 0 Å². The van der Waals surface area contributed by atoms with E-state index in [0.717, 1.165) is 29.3 Å². The van der Waals surface area contributed by atoms with Gasteiger partial charge in [-0.05, 0) is 51.5 Å². The van der Waals surface area contributed by atoms with Crippen LogP contribution in [0, 0.1) is 5.92 Å². The summed E-state index contributed by atoms with van der Waals surface area (Å²) < 4.78 is 0. The molecule has 4 atom stereocenters. The van der Waals surface area contributed by atoms with E-state index in [-0.39, 0.29) is 0 Å². The molecule has 3 heterocycles. The standard InChI is InChI=1S/C15H28N2S/c1-11-12(2)18-8-7-17(11)6-5-13-9-14-3-4-15(10-13)16-14/h11-16H,3-10H2,1-2H3. The Labute approximate surface area is 116 Å². The van der Waals surface area contributed by atoms with Crippen molar-refractivity contribution in [3.8, 4) is 0 Å². The lowest BCUT2D eigenvalue weighted by Gasteiger charge is -2.39. The molecule has 1 N–H and O–H groups in total. The average Bonchev–Trinajstić information content (AvgIpc) is 2.71. The normalized spacial score (nSPS) is 45.3. The third-order valence-corrected chi connectivity index (χ3v) is 6.75. The molecule has 0 spiro atoms. The summed E-state index contributed by atoms with van der Waals surface area (Å²) in [4.78, 5) is 2.74. The Morgan fingerprint density at radius 1 is 1.17 bits per heavy atom. The highest BCUT2D eigenvalue weighted by molar-refractivity contribution is 8.00. The second-order valence-corrected chi connectivity index (χ2v) is 8.10. The lowest BCUT2D eigenvalue weighted by molar-refractivity contribution is 0.181. The van der Waals surface area contributed by atoms with Crippen LogP contribution in [0.15, 0.2) is 0 Å². The van der Waals surface area contributed by atoms with Gasteiger partial charge in [0.25, 0.3) is 0 Å². The van der Waals surface area contributed by atoms with Crippen LogP contribution in [0.5, 0.6) is 0 Å². The van der Waals surface area contributed by atoms with Gasteiger partial charge in [-0.25, -0.2) is 0 Å². The molecule has 0 aliphatic carbocycles. The Hall–Kier alpha value is 0.270. The van der Waals surface area contributed by atoms with Gasteiger partial charge in [-0.2, -0.15) is 11.8 Å². The van der Waals surface area contributed by atoms with Gasteiger partial charge in [-0.1, -0.05) is 6.92 Å². The molecule has 0 aromatic heterocycles. The maximum atomic E-state index is 3.76. The summed E-state index contributed by atoms with van der Waals surface area (Å²) in [6.45, 7) is 7.47. The smallest absolute Gasteiger partial charge is 0.0184 e. The number of thioether (sulfide) groups is 1. The van der Waals surface area contributed by atoms with Gasteiger partial charge in [0, 0.05) is 35.7 Å². The van der Waals surface area contributed by atoms with Crippen molar-refractivity contribution in [2.24, 2.45) is 5.92 Å². The molecule has 0 aromatic rings. The molecule has 3 fully saturated rings. The minimum absolute atomic E-state index is 0.780. The van der Waals surface area contributed by atoms with Crippen molar-refractivity contribution in [1.82, 2.24) is 10.2 Å². The van der Waals surface area contributed by atoms with Gasteiger partial charge in [0.15, 0.2) is 0 Å². The fourth-order valence-corrected chi connectivity index (χ4v) is 5.23. The number of hydrogen-bond donors (Lipinski definition) is 1. The summed E-state index contributed by atoms with van der Waals surface area (Å²) in [6.07, 6.45) is 7.21. The van der Waals surface area contributed by atoms with Gasteiger partial charge in [0.2, 0.25) is 0 Å². The molecule has 3 aliphatic rings. The molecule has 104 valence electrons. The predicted molar refractivity (Wildman–Crippen MR) is 80.2 cm³/mol. The molecule has 3 saturated heterocycles. The van der Waals surface area contributed by atoms with Gasteiger partial charge in [0.1, 0.15) is 0 Å². The molecule has 4 unspecified atom stereocenters. The van der Waals surface area contributed by atoms with E-state index in [1.165, 1.54) is 50.9 Å². The zero-order valence-electron chi connectivity index (χ0n) is 11.9. The SMILES string of the molecule is CC1SCCN(CCC2CC3CCC(C2)N3)C1C. The second-order valence-electron chi connectivity index (χ2n) is 6.62. The zero-order valence-corrected chi connectivity index (χ0v) is 12.7. The van der Waals surface area contributed by atoms with Crippen molar-refractivity contribution >= 4 is 11.8 Å². The number of nitrogens with one attached hydrogen (secondary N) is 1. The fourth-order valence-electron chi connectivity index (χ4n) is 4.07. The van der Waals surface area contributed by atoms with Gasteiger partial charge in [-0.3, -0.25) is 4.90 Å². The van der Waals surface area contributed by atoms with E-state index in [0.29, 0.717) is 0 Å². The quantitative estimate of drug-likeness (QED) is 0.847. The molecule has 0 aromatic carbocycles. The number of hydrogen-bond acceptors (Lipinski definition) is 3. The summed E-state index contributed by atoms with van der Waals surface area (Å²) in [5.74, 6) is 2.34. The van der Waals surface area contributed by atoms with Crippen LogP contribution in [0.2, 0.25) is 0 Å². The molecular formula is C15H28N2S. The van der Waals surface area contributed by atoms with E-state index >= 15 is 0 Å². The molecule has 3 rings (SSSR count). The highest BCUT2D eigenvalue weighted by atomic mass is 32.2. The van der Waals surface area contributed by atoms with Crippen LogP contribution in [0.3, 0.4) is 0 Å². The van der Waals surface area contributed by atoms with Crippen LogP contribution in [-0.4, -0.2) is 47.1 Å². The average molecular weight is 268 g/mol. The Morgan fingerprint density at radius 3 is 2.61 bits per heavy atom. The Morgan fingerprint density at radius 2 is 1.89 bits per heavy atom. The monoisotopic (exact) mass is 268 g/mol. The Kier molecular flexibility index (Phi) is 4.21. The lowest BCUT2D eigenvalue weighted by atomic mass is 9.89. The fraction of sp³-hybridized carbons (Fsp3) is 1.00. The molecule has 3 aliphatic heterocycles. The molecule has 18 heavy (non-hydrogen) atoms. The van der Waals surface area contributed by atoms with E-state index in [1.54, 1.807) is 0 Å². The van der Waals surface area contributed by atoms with Crippen LogP contribution in [-0.2, 0) is 0 Å². The Bertz CT molecular complexity index is 272. The van der Waals surface area contributed by atoms with Crippen molar-refractivity contribution in [2.45, 2.75) is 69.3 Å². The van der Waals surface area contributed by atoms with Crippen molar-refractivity contribution in [1.29, 1.82) is 0 Å². The number of fused-ring (bicyclic) bond motifs is 2. The number of rotatable bonds is 3. The maximum absolute atomic E-state index is 3.76. The first kappa shape index (κ1) is 13.3. The Balaban J connectivity index is 1.46. The maximum Gasteiger partial charge on any atom is 0.0184 e. The first-order valence-electron chi connectivity index (χ1n) is 7.84. The summed E-state index contributed by atoms with van der Waals surface area (Å²) in [6, 6.07) is 2.51. The molecular weight excluding hydrogens is 240 g/mol. The van der Waals surface area contributed by atoms with Gasteiger partial charge in [-0.15, -0.1) is 0 Å². The minimum atomic E-state index is 0.780. The highest BCUT2D eigenvalue weighted by Crippen LogP contribution is 2.33. The third-order valence-electron chi connectivity index (χ3n) is 5.41. The van der Waals surface area contributed by atoms with Crippen LogP contribution in [0.25, 0.3) is 0 Å². The van der Waals surface area contributed by atoms with Crippen LogP contribution >= 0.6 is 11.8 Å². The first-order valence-corrected chi connectivity index (χ1v) is 8.89. The van der Waals surface area contributed by atoms with E-state index < -0.39 is 0 Å². The molecule has 3 heteroatoms. The van der Waals surface area contributed by atoms with Crippen molar-refractivity contribution in [2.75, 3.05) is 18.8 Å². The summed E-state index contributed by atoms with van der Waals surface area (Å²) in [5.41, 5.74) is 0. The zero-order chi connectivity index (χ0) is 12.5. The molecule has 2 bridgehead atoms. The summed E-state index contributed by atoms with van der Waals surface area (Å²) in [5, 5.41) is 4.58. The number of piperidine rings is 1. The van der Waals surface area contributed by atoms with Gasteiger partial charge >= 0.3 is 0 Å². The predicted octanol–water partition coefficient (Wildman–Crippen LogP) is 2.73. The van der Waals surface area contributed by atoms with E-state index in [4.69, 9.17) is 0 Å². The van der Waals surface area contributed by atoms with Gasteiger partial charge < -0.3 is 5.32 Å². The van der Waals surface area contributed by atoms with Crippen LogP contribution in [0.1, 0.15) is 46.0 Å². The minimum Gasteiger partial charge on any atom is -0.311 e. The summed E-state index contributed by atoms with van der Waals surface area (Å²) in [7, 11) is 0. The van der Waals surface area contributed by atoms with E-state index in [1.807, 2.05) is 0 Å². The molecule has 0 radical (unpaired) electrons. The lowest BCUT2D eigenvalue weighted by Crippen LogP contribution is -2.46. The van der Waals surface area contributed by atoms with Crippen molar-refractivity contribution < 1.29 is 0 Å².